The van der Waals surface area contributed by atoms with Crippen molar-refractivity contribution < 1.29 is 0 Å². The second-order valence-electron chi connectivity index (χ2n) is 5.14. The first kappa shape index (κ1) is 15.4. The van der Waals surface area contributed by atoms with Crippen LogP contribution < -0.4 is 5.32 Å². The molecule has 2 aromatic heterocycles. The summed E-state index contributed by atoms with van der Waals surface area (Å²) in [6, 6.07) is 15.7. The zero-order chi connectivity index (χ0) is 16.5. The van der Waals surface area contributed by atoms with Crippen molar-refractivity contribution in [1.82, 2.24) is 9.97 Å². The van der Waals surface area contributed by atoms with Crippen LogP contribution >= 0.6 is 34.5 Å². The summed E-state index contributed by atoms with van der Waals surface area (Å²) in [5.41, 5.74) is 2.94. The van der Waals surface area contributed by atoms with Crippen LogP contribution in [-0.2, 0) is 0 Å². The van der Waals surface area contributed by atoms with Crippen molar-refractivity contribution in [2.45, 2.75) is 0 Å². The van der Waals surface area contributed by atoms with Crippen LogP contribution in [0.5, 0.6) is 0 Å². The molecule has 4 rings (SSSR count). The second kappa shape index (κ2) is 6.40. The van der Waals surface area contributed by atoms with E-state index in [4.69, 9.17) is 23.2 Å². The molecule has 0 atom stereocenters. The average Bonchev–Trinajstić information content (AvgIpc) is 3.05. The predicted molar refractivity (Wildman–Crippen MR) is 103 cm³/mol. The van der Waals surface area contributed by atoms with E-state index in [1.165, 1.54) is 0 Å². The van der Waals surface area contributed by atoms with E-state index in [1.54, 1.807) is 23.7 Å². The van der Waals surface area contributed by atoms with Gasteiger partial charge in [-0.1, -0.05) is 59.6 Å². The van der Waals surface area contributed by atoms with E-state index >= 15 is 0 Å². The molecule has 0 radical (unpaired) electrons. The van der Waals surface area contributed by atoms with Gasteiger partial charge in [0.15, 0.2) is 0 Å². The number of aromatic nitrogens is 2. The lowest BCUT2D eigenvalue weighted by Crippen LogP contribution is -1.96. The van der Waals surface area contributed by atoms with E-state index in [2.05, 4.69) is 32.8 Å². The summed E-state index contributed by atoms with van der Waals surface area (Å²) in [7, 11) is 0. The summed E-state index contributed by atoms with van der Waals surface area (Å²) >= 11 is 14.0. The normalized spacial score (nSPS) is 10.9. The van der Waals surface area contributed by atoms with Crippen molar-refractivity contribution in [2.75, 3.05) is 5.32 Å². The van der Waals surface area contributed by atoms with E-state index < -0.39 is 0 Å². The maximum atomic E-state index is 6.29. The highest BCUT2D eigenvalue weighted by Crippen LogP contribution is 2.39. The van der Waals surface area contributed by atoms with E-state index in [0.29, 0.717) is 15.9 Å². The minimum Gasteiger partial charge on any atom is -0.338 e. The summed E-state index contributed by atoms with van der Waals surface area (Å²) in [5, 5.41) is 7.34. The summed E-state index contributed by atoms with van der Waals surface area (Å²) in [6.07, 6.45) is 1.55. The number of rotatable bonds is 3. The molecule has 0 fully saturated rings. The topological polar surface area (TPSA) is 37.8 Å². The molecule has 1 N–H and O–H groups in total. The lowest BCUT2D eigenvalue weighted by atomic mass is 10.1. The number of hydrogen-bond donors (Lipinski definition) is 1. The van der Waals surface area contributed by atoms with E-state index in [0.717, 1.165) is 27.0 Å². The molecular formula is C18H11Cl2N3S. The van der Waals surface area contributed by atoms with Gasteiger partial charge in [-0.25, -0.2) is 9.97 Å². The Morgan fingerprint density at radius 1 is 0.917 bits per heavy atom. The summed E-state index contributed by atoms with van der Waals surface area (Å²) in [4.78, 5) is 9.71. The molecule has 24 heavy (non-hydrogen) atoms. The molecule has 118 valence electrons. The fourth-order valence-corrected chi connectivity index (χ4v) is 3.79. The minimum atomic E-state index is 0.474. The number of nitrogens with zero attached hydrogens (tertiary/aromatic N) is 2. The van der Waals surface area contributed by atoms with Crippen molar-refractivity contribution in [1.29, 1.82) is 0 Å². The molecule has 0 spiro atoms. The van der Waals surface area contributed by atoms with Crippen LogP contribution in [0.3, 0.4) is 0 Å². The lowest BCUT2D eigenvalue weighted by molar-refractivity contribution is 1.23. The van der Waals surface area contributed by atoms with E-state index in [-0.39, 0.29) is 0 Å². The second-order valence-corrected chi connectivity index (χ2v) is 6.79. The summed E-state index contributed by atoms with van der Waals surface area (Å²) in [6.45, 7) is 0. The molecule has 0 saturated heterocycles. The largest absolute Gasteiger partial charge is 0.338 e. The van der Waals surface area contributed by atoms with Crippen LogP contribution in [0.25, 0.3) is 21.3 Å². The van der Waals surface area contributed by atoms with Crippen molar-refractivity contribution in [2.24, 2.45) is 0 Å². The zero-order valence-corrected chi connectivity index (χ0v) is 14.7. The minimum absolute atomic E-state index is 0.474. The van der Waals surface area contributed by atoms with Crippen LogP contribution in [-0.4, -0.2) is 9.97 Å². The molecule has 2 heterocycles. The third-order valence-corrected chi connectivity index (χ3v) is 5.36. The number of hydrogen-bond acceptors (Lipinski definition) is 4. The number of halogens is 2. The monoisotopic (exact) mass is 371 g/mol. The van der Waals surface area contributed by atoms with E-state index in [1.807, 2.05) is 30.3 Å². The first-order valence-corrected chi connectivity index (χ1v) is 8.86. The highest BCUT2D eigenvalue weighted by atomic mass is 35.5. The number of nitrogens with one attached hydrogen (secondary N) is 1. The maximum Gasteiger partial charge on any atom is 0.143 e. The smallest absolute Gasteiger partial charge is 0.143 e. The Balaban J connectivity index is 1.87. The van der Waals surface area contributed by atoms with Gasteiger partial charge in [-0.05, 0) is 17.7 Å². The molecule has 0 aliphatic rings. The highest BCUT2D eigenvalue weighted by Gasteiger charge is 2.14. The zero-order valence-electron chi connectivity index (χ0n) is 12.3. The van der Waals surface area contributed by atoms with Crippen LogP contribution in [0.4, 0.5) is 11.5 Å². The lowest BCUT2D eigenvalue weighted by Gasteiger charge is -2.10. The van der Waals surface area contributed by atoms with Crippen LogP contribution in [0.2, 0.25) is 10.0 Å². The molecule has 6 heteroatoms. The van der Waals surface area contributed by atoms with Gasteiger partial charge in [-0.2, -0.15) is 0 Å². The first-order valence-electron chi connectivity index (χ1n) is 7.22. The van der Waals surface area contributed by atoms with Crippen molar-refractivity contribution >= 4 is 56.3 Å². The van der Waals surface area contributed by atoms with Gasteiger partial charge in [0.05, 0.1) is 21.1 Å². The fourth-order valence-electron chi connectivity index (χ4n) is 2.53. The van der Waals surface area contributed by atoms with Crippen molar-refractivity contribution in [3.8, 4) is 11.1 Å². The molecule has 2 aromatic carbocycles. The molecule has 0 aliphatic carbocycles. The summed E-state index contributed by atoms with van der Waals surface area (Å²) in [5.74, 6) is 0.712. The Morgan fingerprint density at radius 3 is 2.58 bits per heavy atom. The fraction of sp³-hybridized carbons (Fsp3) is 0. The summed E-state index contributed by atoms with van der Waals surface area (Å²) < 4.78 is 0. The molecule has 0 saturated carbocycles. The Morgan fingerprint density at radius 2 is 1.75 bits per heavy atom. The van der Waals surface area contributed by atoms with Crippen LogP contribution in [0.15, 0.2) is 60.2 Å². The molecule has 4 aromatic rings. The van der Waals surface area contributed by atoms with Crippen molar-refractivity contribution in [3.05, 3.63) is 70.3 Å². The van der Waals surface area contributed by atoms with Gasteiger partial charge >= 0.3 is 0 Å². The molecule has 0 unspecified atom stereocenters. The third kappa shape index (κ3) is 2.73. The molecule has 3 nitrogen and oxygen atoms in total. The van der Waals surface area contributed by atoms with Gasteiger partial charge in [-0.15, -0.1) is 11.3 Å². The first-order chi connectivity index (χ1) is 11.7. The van der Waals surface area contributed by atoms with Gasteiger partial charge in [0.1, 0.15) is 17.0 Å². The predicted octanol–water partition coefficient (Wildman–Crippen LogP) is 6.41. The van der Waals surface area contributed by atoms with Crippen LogP contribution in [0.1, 0.15) is 0 Å². The van der Waals surface area contributed by atoms with Crippen molar-refractivity contribution in [3.63, 3.8) is 0 Å². The molecule has 0 aliphatic heterocycles. The van der Waals surface area contributed by atoms with Gasteiger partial charge in [0.25, 0.3) is 0 Å². The molecular weight excluding hydrogens is 361 g/mol. The average molecular weight is 372 g/mol. The molecule has 0 amide bonds. The van der Waals surface area contributed by atoms with Gasteiger partial charge in [-0.3, -0.25) is 0 Å². The molecule has 0 bridgehead atoms. The van der Waals surface area contributed by atoms with Gasteiger partial charge in [0, 0.05) is 10.9 Å². The van der Waals surface area contributed by atoms with E-state index in [9.17, 15) is 0 Å². The van der Waals surface area contributed by atoms with Gasteiger partial charge in [0.2, 0.25) is 0 Å². The number of fused-ring (bicyclic) bond motifs is 1. The highest BCUT2D eigenvalue weighted by molar-refractivity contribution is 7.17. The van der Waals surface area contributed by atoms with Crippen LogP contribution in [0, 0.1) is 0 Å². The Bertz CT molecular complexity index is 1020. The Hall–Kier alpha value is -2.14. The number of thiophene rings is 1. The SMILES string of the molecule is Clc1cccc(Nc2ncnc3scc(-c4ccccc4)c23)c1Cl. The number of anilines is 2. The van der Waals surface area contributed by atoms with Gasteiger partial charge < -0.3 is 5.32 Å². The Labute approximate surface area is 152 Å². The third-order valence-electron chi connectivity index (χ3n) is 3.66. The standard InChI is InChI=1S/C18H11Cl2N3S/c19-13-7-4-8-14(16(13)20)23-17-15-12(11-5-2-1-3-6-11)9-24-18(15)22-10-21-17/h1-10H,(H,21,22,23). The quantitative estimate of drug-likeness (QED) is 0.452. The Kier molecular flexibility index (Phi) is 4.10. The number of benzene rings is 2. The maximum absolute atomic E-state index is 6.29.